The molecule has 0 fully saturated rings. The molecule has 18 heavy (non-hydrogen) atoms. The lowest BCUT2D eigenvalue weighted by Gasteiger charge is -2.08. The maximum Gasteiger partial charge on any atom is 0.194 e. The molecule has 0 amide bonds. The molecule has 4 nitrogen and oxygen atoms in total. The first kappa shape index (κ1) is 11.1. The van der Waals surface area contributed by atoms with Gasteiger partial charge >= 0.3 is 0 Å². The number of methoxy groups -OCH3 is 2. The number of ether oxygens (including phenoxy) is 2. The van der Waals surface area contributed by atoms with Gasteiger partial charge in [0.2, 0.25) is 0 Å². The van der Waals surface area contributed by atoms with Gasteiger partial charge in [0.15, 0.2) is 16.5 Å². The Morgan fingerprint density at radius 1 is 1.17 bits per heavy atom. The van der Waals surface area contributed by atoms with Gasteiger partial charge in [0.25, 0.3) is 0 Å². The first-order chi connectivity index (χ1) is 8.81. The Kier molecular flexibility index (Phi) is 2.68. The van der Waals surface area contributed by atoms with E-state index in [1.54, 1.807) is 31.8 Å². The molecule has 0 aliphatic heterocycles. The fourth-order valence-electron chi connectivity index (χ4n) is 1.85. The summed E-state index contributed by atoms with van der Waals surface area (Å²) in [6.45, 7) is 0. The summed E-state index contributed by atoms with van der Waals surface area (Å²) in [6, 6.07) is 5.91. The smallest absolute Gasteiger partial charge is 0.194 e. The van der Waals surface area contributed by atoms with Gasteiger partial charge in [-0.3, -0.25) is 4.40 Å². The molecule has 0 spiro atoms. The number of imidazole rings is 1. The topological polar surface area (TPSA) is 35.8 Å². The van der Waals surface area contributed by atoms with Crippen LogP contribution in [0.5, 0.6) is 11.5 Å². The van der Waals surface area contributed by atoms with Crippen molar-refractivity contribution >= 4 is 16.3 Å². The van der Waals surface area contributed by atoms with E-state index in [1.165, 1.54) is 0 Å². The minimum absolute atomic E-state index is 0.737. The number of fused-ring (bicyclic) bond motifs is 1. The maximum absolute atomic E-state index is 5.31. The van der Waals surface area contributed by atoms with Crippen LogP contribution < -0.4 is 9.47 Å². The van der Waals surface area contributed by atoms with Crippen LogP contribution in [0.2, 0.25) is 0 Å². The molecule has 0 saturated heterocycles. The Morgan fingerprint density at radius 2 is 2.00 bits per heavy atom. The summed E-state index contributed by atoms with van der Waals surface area (Å²) in [5, 5.41) is 0. The lowest BCUT2D eigenvalue weighted by Crippen LogP contribution is -1.90. The highest BCUT2D eigenvalue weighted by Gasteiger charge is 2.09. The van der Waals surface area contributed by atoms with Gasteiger partial charge in [-0.2, -0.15) is 0 Å². The average Bonchev–Trinajstić information content (AvgIpc) is 2.98. The van der Waals surface area contributed by atoms with Gasteiger partial charge in [0, 0.05) is 18.6 Å². The van der Waals surface area contributed by atoms with E-state index in [9.17, 15) is 0 Å². The van der Waals surface area contributed by atoms with Crippen molar-refractivity contribution in [3.63, 3.8) is 0 Å². The van der Waals surface area contributed by atoms with Gasteiger partial charge in [-0.1, -0.05) is 11.3 Å². The first-order valence-corrected chi connectivity index (χ1v) is 6.28. The Balaban J connectivity index is 2.08. The Bertz CT molecular complexity index is 659. The van der Waals surface area contributed by atoms with Crippen LogP contribution in [-0.4, -0.2) is 23.6 Å². The van der Waals surface area contributed by atoms with E-state index >= 15 is 0 Å². The molecule has 0 aliphatic carbocycles. The van der Waals surface area contributed by atoms with Crippen molar-refractivity contribution in [2.75, 3.05) is 14.2 Å². The Hall–Kier alpha value is -2.01. The van der Waals surface area contributed by atoms with Crippen LogP contribution in [0.25, 0.3) is 15.4 Å². The lowest BCUT2D eigenvalue weighted by molar-refractivity contribution is 0.355. The Labute approximate surface area is 108 Å². The van der Waals surface area contributed by atoms with Crippen LogP contribution in [0.15, 0.2) is 36.8 Å². The predicted molar refractivity (Wildman–Crippen MR) is 71.6 cm³/mol. The zero-order valence-electron chi connectivity index (χ0n) is 10.1. The quantitative estimate of drug-likeness (QED) is 0.726. The van der Waals surface area contributed by atoms with Crippen molar-refractivity contribution in [3.05, 3.63) is 36.8 Å². The number of hydrogen-bond donors (Lipinski definition) is 0. The summed E-state index contributed by atoms with van der Waals surface area (Å²) in [6.07, 6.45) is 5.80. The van der Waals surface area contributed by atoms with Gasteiger partial charge < -0.3 is 9.47 Å². The van der Waals surface area contributed by atoms with E-state index in [-0.39, 0.29) is 0 Å². The normalized spacial score (nSPS) is 10.8. The summed E-state index contributed by atoms with van der Waals surface area (Å²) >= 11 is 1.65. The van der Waals surface area contributed by atoms with Crippen molar-refractivity contribution in [2.45, 2.75) is 0 Å². The second kappa shape index (κ2) is 4.34. The van der Waals surface area contributed by atoms with Crippen LogP contribution in [0.4, 0.5) is 0 Å². The molecule has 92 valence electrons. The van der Waals surface area contributed by atoms with E-state index in [2.05, 4.69) is 11.2 Å². The van der Waals surface area contributed by atoms with Crippen LogP contribution in [0.1, 0.15) is 0 Å². The van der Waals surface area contributed by atoms with Gasteiger partial charge in [-0.05, 0) is 23.8 Å². The van der Waals surface area contributed by atoms with Crippen molar-refractivity contribution in [1.82, 2.24) is 9.38 Å². The Morgan fingerprint density at radius 3 is 2.72 bits per heavy atom. The van der Waals surface area contributed by atoms with Crippen molar-refractivity contribution in [3.8, 4) is 21.9 Å². The van der Waals surface area contributed by atoms with Gasteiger partial charge in [-0.25, -0.2) is 4.98 Å². The van der Waals surface area contributed by atoms with Crippen molar-refractivity contribution < 1.29 is 9.47 Å². The minimum Gasteiger partial charge on any atom is -0.493 e. The summed E-state index contributed by atoms with van der Waals surface area (Å²) in [5.41, 5.74) is 1.10. The maximum atomic E-state index is 5.31. The number of aromatic nitrogens is 2. The third kappa shape index (κ3) is 1.73. The van der Waals surface area contributed by atoms with Crippen LogP contribution >= 0.6 is 11.3 Å². The third-order valence-electron chi connectivity index (χ3n) is 2.76. The molecule has 3 aromatic rings. The summed E-state index contributed by atoms with van der Waals surface area (Å²) in [5.74, 6) is 1.48. The molecule has 1 aromatic carbocycles. The summed E-state index contributed by atoms with van der Waals surface area (Å²) in [7, 11) is 3.28. The zero-order valence-corrected chi connectivity index (χ0v) is 10.9. The molecular weight excluding hydrogens is 248 g/mol. The standard InChI is InChI=1S/C13H12N2O2S/c1-16-10-4-3-9(7-11(10)17-2)12-8-15-6-5-14-13(15)18-12/h3-8H,1-2H3. The van der Waals surface area contributed by atoms with Crippen molar-refractivity contribution in [1.29, 1.82) is 0 Å². The second-order valence-corrected chi connectivity index (χ2v) is 4.79. The number of thiazole rings is 1. The van der Waals surface area contributed by atoms with E-state index in [1.807, 2.05) is 28.8 Å². The molecule has 0 N–H and O–H groups in total. The van der Waals surface area contributed by atoms with E-state index in [4.69, 9.17) is 9.47 Å². The second-order valence-electron chi connectivity index (χ2n) is 3.78. The largest absolute Gasteiger partial charge is 0.493 e. The first-order valence-electron chi connectivity index (χ1n) is 5.46. The lowest BCUT2D eigenvalue weighted by atomic mass is 10.2. The highest BCUT2D eigenvalue weighted by atomic mass is 32.1. The molecule has 0 bridgehead atoms. The zero-order chi connectivity index (χ0) is 12.5. The van der Waals surface area contributed by atoms with E-state index in [0.717, 1.165) is 26.9 Å². The molecule has 0 aliphatic rings. The van der Waals surface area contributed by atoms with Gasteiger partial charge in [0.05, 0.1) is 19.1 Å². The van der Waals surface area contributed by atoms with Crippen molar-refractivity contribution in [2.24, 2.45) is 0 Å². The van der Waals surface area contributed by atoms with Gasteiger partial charge in [0.1, 0.15) is 0 Å². The molecule has 0 radical (unpaired) electrons. The summed E-state index contributed by atoms with van der Waals surface area (Å²) < 4.78 is 12.6. The van der Waals surface area contributed by atoms with E-state index < -0.39 is 0 Å². The van der Waals surface area contributed by atoms with Crippen LogP contribution in [0.3, 0.4) is 0 Å². The number of benzene rings is 1. The van der Waals surface area contributed by atoms with Crippen LogP contribution in [0, 0.1) is 0 Å². The molecular formula is C13H12N2O2S. The fourth-order valence-corrected chi connectivity index (χ4v) is 2.79. The molecule has 0 saturated carbocycles. The minimum atomic E-state index is 0.737. The number of hydrogen-bond acceptors (Lipinski definition) is 4. The molecule has 3 rings (SSSR count). The molecule has 2 aromatic heterocycles. The molecule has 2 heterocycles. The van der Waals surface area contributed by atoms with E-state index in [0.29, 0.717) is 0 Å². The average molecular weight is 260 g/mol. The SMILES string of the molecule is COc1ccc(-c2cn3ccnc3s2)cc1OC. The third-order valence-corrected chi connectivity index (χ3v) is 3.82. The van der Waals surface area contributed by atoms with Gasteiger partial charge in [-0.15, -0.1) is 0 Å². The number of rotatable bonds is 3. The summed E-state index contributed by atoms with van der Waals surface area (Å²) in [4.78, 5) is 6.40. The highest BCUT2D eigenvalue weighted by molar-refractivity contribution is 7.20. The highest BCUT2D eigenvalue weighted by Crippen LogP contribution is 2.35. The predicted octanol–water partition coefficient (Wildman–Crippen LogP) is 3.08. The monoisotopic (exact) mass is 260 g/mol. The molecule has 0 unspecified atom stereocenters. The molecule has 5 heteroatoms. The fraction of sp³-hybridized carbons (Fsp3) is 0.154. The molecule has 0 atom stereocenters. The number of nitrogens with zero attached hydrogens (tertiary/aromatic N) is 2. The van der Waals surface area contributed by atoms with Crippen LogP contribution in [-0.2, 0) is 0 Å².